The van der Waals surface area contributed by atoms with Crippen LogP contribution in [0.25, 0.3) is 0 Å². The Labute approximate surface area is 117 Å². The van der Waals surface area contributed by atoms with Crippen molar-refractivity contribution >= 4 is 11.6 Å². The molecule has 2 aromatic rings. The van der Waals surface area contributed by atoms with Crippen LogP contribution < -0.4 is 11.1 Å². The van der Waals surface area contributed by atoms with Crippen LogP contribution in [0.15, 0.2) is 48.5 Å². The second-order valence-electron chi connectivity index (χ2n) is 4.74. The predicted molar refractivity (Wildman–Crippen MR) is 77.9 cm³/mol. The Hall–Kier alpha value is -2.20. The molecular weight excluding hydrogens is 255 g/mol. The predicted octanol–water partition coefficient (Wildman–Crippen LogP) is 2.64. The summed E-state index contributed by atoms with van der Waals surface area (Å²) in [5.74, 6) is -0.599. The Bertz CT molecular complexity index is 599. The molecule has 0 spiro atoms. The third kappa shape index (κ3) is 3.65. The normalized spacial score (nSPS) is 11.9. The van der Waals surface area contributed by atoms with Gasteiger partial charge in [0.15, 0.2) is 0 Å². The maximum atomic E-state index is 13.0. The number of hydrogen-bond acceptors (Lipinski definition) is 2. The quantitative estimate of drug-likeness (QED) is 0.899. The fourth-order valence-electron chi connectivity index (χ4n) is 1.95. The Morgan fingerprint density at radius 3 is 2.60 bits per heavy atom. The van der Waals surface area contributed by atoms with Gasteiger partial charge in [-0.2, -0.15) is 0 Å². The van der Waals surface area contributed by atoms with Crippen LogP contribution in [0.1, 0.15) is 11.1 Å². The zero-order valence-corrected chi connectivity index (χ0v) is 11.3. The summed E-state index contributed by atoms with van der Waals surface area (Å²) in [6, 6.07) is 13.2. The monoisotopic (exact) mass is 272 g/mol. The average Bonchev–Trinajstić information content (AvgIpc) is 2.43. The van der Waals surface area contributed by atoms with Crippen molar-refractivity contribution in [3.8, 4) is 0 Å². The van der Waals surface area contributed by atoms with E-state index >= 15 is 0 Å². The van der Waals surface area contributed by atoms with Crippen LogP contribution in [0.2, 0.25) is 0 Å². The number of anilines is 1. The summed E-state index contributed by atoms with van der Waals surface area (Å²) in [6.07, 6.45) is 0.465. The minimum absolute atomic E-state index is 0.274. The third-order valence-electron chi connectivity index (χ3n) is 3.08. The fourth-order valence-corrected chi connectivity index (χ4v) is 1.95. The molecule has 0 radical (unpaired) electrons. The van der Waals surface area contributed by atoms with E-state index in [1.807, 2.05) is 30.3 Å². The molecule has 0 heterocycles. The number of aryl methyl sites for hydroxylation is 1. The molecule has 3 N–H and O–H groups in total. The molecule has 0 aliphatic carbocycles. The minimum atomic E-state index is -0.637. The molecule has 0 fully saturated rings. The molecule has 0 aromatic heterocycles. The Morgan fingerprint density at radius 2 is 1.95 bits per heavy atom. The fraction of sp³-hybridized carbons (Fsp3) is 0.188. The zero-order chi connectivity index (χ0) is 14.5. The van der Waals surface area contributed by atoms with Gasteiger partial charge in [-0.05, 0) is 42.7 Å². The molecule has 0 aliphatic rings. The first-order chi connectivity index (χ1) is 9.56. The molecule has 0 bridgehead atoms. The van der Waals surface area contributed by atoms with Crippen molar-refractivity contribution in [2.75, 3.05) is 5.32 Å². The van der Waals surface area contributed by atoms with E-state index in [1.54, 1.807) is 6.92 Å². The van der Waals surface area contributed by atoms with Gasteiger partial charge in [0.05, 0.1) is 6.04 Å². The van der Waals surface area contributed by atoms with Gasteiger partial charge in [0.1, 0.15) is 5.82 Å². The van der Waals surface area contributed by atoms with Crippen LogP contribution >= 0.6 is 0 Å². The van der Waals surface area contributed by atoms with Gasteiger partial charge >= 0.3 is 0 Å². The lowest BCUT2D eigenvalue weighted by atomic mass is 10.1. The van der Waals surface area contributed by atoms with Crippen LogP contribution in [-0.4, -0.2) is 11.9 Å². The summed E-state index contributed by atoms with van der Waals surface area (Å²) in [5.41, 5.74) is 8.15. The van der Waals surface area contributed by atoms with E-state index in [2.05, 4.69) is 5.32 Å². The Balaban J connectivity index is 2.01. The molecule has 2 aromatic carbocycles. The van der Waals surface area contributed by atoms with Crippen molar-refractivity contribution in [3.63, 3.8) is 0 Å². The second-order valence-corrected chi connectivity index (χ2v) is 4.74. The summed E-state index contributed by atoms with van der Waals surface area (Å²) < 4.78 is 13.0. The lowest BCUT2D eigenvalue weighted by Gasteiger charge is -2.14. The zero-order valence-electron chi connectivity index (χ0n) is 11.3. The molecule has 20 heavy (non-hydrogen) atoms. The molecule has 1 unspecified atom stereocenters. The average molecular weight is 272 g/mol. The molecule has 1 atom stereocenters. The molecule has 104 valence electrons. The van der Waals surface area contributed by atoms with Gasteiger partial charge in [0.2, 0.25) is 5.91 Å². The van der Waals surface area contributed by atoms with Crippen molar-refractivity contribution in [2.45, 2.75) is 19.4 Å². The van der Waals surface area contributed by atoms with E-state index in [4.69, 9.17) is 5.73 Å². The van der Waals surface area contributed by atoms with Crippen LogP contribution in [0, 0.1) is 12.7 Å². The van der Waals surface area contributed by atoms with Crippen LogP contribution in [-0.2, 0) is 11.2 Å². The molecule has 0 aliphatic heterocycles. The van der Waals surface area contributed by atoms with E-state index in [0.717, 1.165) is 5.56 Å². The summed E-state index contributed by atoms with van der Waals surface area (Å²) in [6.45, 7) is 1.74. The Morgan fingerprint density at radius 1 is 1.25 bits per heavy atom. The number of carbonyl (C=O) groups excluding carboxylic acids is 1. The molecular formula is C16H17FN2O. The minimum Gasteiger partial charge on any atom is -0.324 e. The van der Waals surface area contributed by atoms with E-state index in [1.165, 1.54) is 18.2 Å². The summed E-state index contributed by atoms with van der Waals surface area (Å²) in [5, 5.41) is 2.73. The highest BCUT2D eigenvalue weighted by molar-refractivity contribution is 5.95. The highest BCUT2D eigenvalue weighted by atomic mass is 19.1. The third-order valence-corrected chi connectivity index (χ3v) is 3.08. The van der Waals surface area contributed by atoms with E-state index in [9.17, 15) is 9.18 Å². The Kier molecular flexibility index (Phi) is 4.48. The maximum absolute atomic E-state index is 13.0. The standard InChI is InChI=1S/C16H17FN2O/c1-11-9-13(17)7-8-15(11)19-16(20)14(18)10-12-5-3-2-4-6-12/h2-9,14H,10,18H2,1H3,(H,19,20). The highest BCUT2D eigenvalue weighted by Crippen LogP contribution is 2.16. The number of carbonyl (C=O) groups is 1. The first-order valence-electron chi connectivity index (χ1n) is 6.43. The number of nitrogens with two attached hydrogens (primary N) is 1. The molecule has 4 heteroatoms. The van der Waals surface area contributed by atoms with Crippen LogP contribution in [0.3, 0.4) is 0 Å². The smallest absolute Gasteiger partial charge is 0.241 e. The van der Waals surface area contributed by atoms with Crippen molar-refractivity contribution in [2.24, 2.45) is 5.73 Å². The van der Waals surface area contributed by atoms with Gasteiger partial charge in [-0.3, -0.25) is 4.79 Å². The highest BCUT2D eigenvalue weighted by Gasteiger charge is 2.15. The number of benzene rings is 2. The summed E-state index contributed by atoms with van der Waals surface area (Å²) in [7, 11) is 0. The van der Waals surface area contributed by atoms with Gasteiger partial charge in [-0.15, -0.1) is 0 Å². The molecule has 2 rings (SSSR count). The van der Waals surface area contributed by atoms with Crippen LogP contribution in [0.4, 0.5) is 10.1 Å². The van der Waals surface area contributed by atoms with Gasteiger partial charge < -0.3 is 11.1 Å². The van der Waals surface area contributed by atoms with Crippen LogP contribution in [0.5, 0.6) is 0 Å². The van der Waals surface area contributed by atoms with E-state index in [0.29, 0.717) is 17.7 Å². The van der Waals surface area contributed by atoms with Crippen molar-refractivity contribution < 1.29 is 9.18 Å². The number of amides is 1. The number of nitrogens with one attached hydrogen (secondary N) is 1. The number of halogens is 1. The van der Waals surface area contributed by atoms with Crippen molar-refractivity contribution in [1.82, 2.24) is 0 Å². The molecule has 0 saturated heterocycles. The van der Waals surface area contributed by atoms with Crippen molar-refractivity contribution in [1.29, 1.82) is 0 Å². The molecule has 0 saturated carbocycles. The molecule has 1 amide bonds. The summed E-state index contributed by atoms with van der Waals surface area (Å²) >= 11 is 0. The van der Waals surface area contributed by atoms with Gasteiger partial charge in [-0.1, -0.05) is 30.3 Å². The lowest BCUT2D eigenvalue weighted by Crippen LogP contribution is -2.37. The first-order valence-corrected chi connectivity index (χ1v) is 6.43. The van der Waals surface area contributed by atoms with E-state index in [-0.39, 0.29) is 11.7 Å². The maximum Gasteiger partial charge on any atom is 0.241 e. The van der Waals surface area contributed by atoms with Gasteiger partial charge in [0, 0.05) is 5.69 Å². The van der Waals surface area contributed by atoms with Gasteiger partial charge in [0.25, 0.3) is 0 Å². The second kappa shape index (κ2) is 6.30. The van der Waals surface area contributed by atoms with E-state index < -0.39 is 6.04 Å². The summed E-state index contributed by atoms with van der Waals surface area (Å²) in [4.78, 5) is 12.0. The largest absolute Gasteiger partial charge is 0.324 e. The number of hydrogen-bond donors (Lipinski definition) is 2. The SMILES string of the molecule is Cc1cc(F)ccc1NC(=O)C(N)Cc1ccccc1. The lowest BCUT2D eigenvalue weighted by molar-refractivity contribution is -0.117. The topological polar surface area (TPSA) is 55.1 Å². The molecule has 3 nitrogen and oxygen atoms in total. The van der Waals surface area contributed by atoms with Gasteiger partial charge in [-0.25, -0.2) is 4.39 Å². The first kappa shape index (κ1) is 14.2. The number of rotatable bonds is 4. The van der Waals surface area contributed by atoms with Crippen molar-refractivity contribution in [3.05, 3.63) is 65.5 Å².